The van der Waals surface area contributed by atoms with Gasteiger partial charge >= 0.3 is 0 Å². The number of aliphatic imine (C=N–C) groups is 1. The van der Waals surface area contributed by atoms with Gasteiger partial charge in [0.2, 0.25) is 0 Å². The van der Waals surface area contributed by atoms with Gasteiger partial charge in [-0.15, -0.1) is 0 Å². The number of aromatic nitrogens is 5. The molecule has 44 heavy (non-hydrogen) atoms. The molecule has 4 N–H and O–H groups in total. The SMILES string of the molecule is CCN=C(c1cc2c(-c3cc(F)cc(NCCN(C)C)c3)cncc2[nH]1)c1cc(-c2cncc(N3CC(N)C3)n2)cnc1C. The summed E-state index contributed by atoms with van der Waals surface area (Å²) in [7, 11) is 4.02. The fourth-order valence-corrected chi connectivity index (χ4v) is 5.41. The molecule has 0 radical (unpaired) electrons. The maximum atomic E-state index is 14.8. The number of benzene rings is 1. The third-order valence-electron chi connectivity index (χ3n) is 7.71. The second kappa shape index (κ2) is 12.5. The van der Waals surface area contributed by atoms with E-state index in [0.717, 1.165) is 87.1 Å². The second-order valence-electron chi connectivity index (χ2n) is 11.4. The topological polar surface area (TPSA) is 124 Å². The first-order valence-electron chi connectivity index (χ1n) is 14.8. The number of H-pyrrole nitrogens is 1. The van der Waals surface area contributed by atoms with Crippen LogP contribution in [0.15, 0.2) is 66.3 Å². The molecule has 0 bridgehead atoms. The van der Waals surface area contributed by atoms with E-state index in [0.29, 0.717) is 13.1 Å². The summed E-state index contributed by atoms with van der Waals surface area (Å²) in [5.41, 5.74) is 14.0. The summed E-state index contributed by atoms with van der Waals surface area (Å²) in [6, 6.07) is 9.31. The van der Waals surface area contributed by atoms with Crippen LogP contribution in [0.4, 0.5) is 15.9 Å². The van der Waals surface area contributed by atoms with Crippen LogP contribution in [-0.2, 0) is 0 Å². The average molecular weight is 593 g/mol. The first kappa shape index (κ1) is 29.3. The zero-order valence-electron chi connectivity index (χ0n) is 25.5. The molecule has 1 fully saturated rings. The molecule has 11 heteroatoms. The number of rotatable bonds is 10. The molecular weight excluding hydrogens is 555 g/mol. The van der Waals surface area contributed by atoms with Crippen molar-refractivity contribution in [3.05, 3.63) is 84.1 Å². The summed E-state index contributed by atoms with van der Waals surface area (Å²) in [6.07, 6.45) is 8.89. The number of likely N-dealkylation sites (N-methyl/N-ethyl adjacent to an activating group) is 1. The van der Waals surface area contributed by atoms with Crippen LogP contribution in [0.25, 0.3) is 33.3 Å². The largest absolute Gasteiger partial charge is 0.384 e. The molecule has 0 spiro atoms. The second-order valence-corrected chi connectivity index (χ2v) is 11.4. The van der Waals surface area contributed by atoms with E-state index in [2.05, 4.69) is 42.2 Å². The maximum absolute atomic E-state index is 14.8. The zero-order chi connectivity index (χ0) is 30.8. The van der Waals surface area contributed by atoms with Crippen molar-refractivity contribution >= 4 is 28.1 Å². The normalized spacial score (nSPS) is 14.0. The van der Waals surface area contributed by atoms with Crippen LogP contribution in [0.3, 0.4) is 0 Å². The molecule has 1 aliphatic heterocycles. The number of aryl methyl sites for hydroxylation is 1. The molecule has 5 heterocycles. The molecule has 4 aromatic heterocycles. The number of hydrogen-bond donors (Lipinski definition) is 3. The van der Waals surface area contributed by atoms with E-state index in [1.807, 2.05) is 40.2 Å². The zero-order valence-corrected chi connectivity index (χ0v) is 25.5. The van der Waals surface area contributed by atoms with Crippen LogP contribution in [0.1, 0.15) is 23.9 Å². The van der Waals surface area contributed by atoms with Crippen LogP contribution >= 0.6 is 0 Å². The lowest BCUT2D eigenvalue weighted by Gasteiger charge is -2.37. The van der Waals surface area contributed by atoms with Crippen LogP contribution in [-0.4, -0.2) is 88.4 Å². The molecule has 0 atom stereocenters. The van der Waals surface area contributed by atoms with Crippen LogP contribution in [0, 0.1) is 12.7 Å². The van der Waals surface area contributed by atoms with Crippen molar-refractivity contribution < 1.29 is 4.39 Å². The molecular formula is C33H37FN10. The van der Waals surface area contributed by atoms with E-state index in [1.165, 1.54) is 6.07 Å². The number of nitrogens with one attached hydrogen (secondary N) is 2. The molecule has 10 nitrogen and oxygen atoms in total. The van der Waals surface area contributed by atoms with Crippen LogP contribution < -0.4 is 16.0 Å². The number of hydrogen-bond acceptors (Lipinski definition) is 9. The minimum atomic E-state index is -0.307. The summed E-state index contributed by atoms with van der Waals surface area (Å²) < 4.78 is 14.8. The third kappa shape index (κ3) is 6.15. The Bertz CT molecular complexity index is 1820. The Morgan fingerprint density at radius 3 is 2.66 bits per heavy atom. The Kier molecular flexibility index (Phi) is 8.32. The van der Waals surface area contributed by atoms with Crippen molar-refractivity contribution in [1.29, 1.82) is 0 Å². The van der Waals surface area contributed by atoms with Gasteiger partial charge in [-0.3, -0.25) is 19.9 Å². The van der Waals surface area contributed by atoms with Gasteiger partial charge in [0, 0.05) is 84.6 Å². The van der Waals surface area contributed by atoms with Gasteiger partial charge in [-0.05, 0) is 63.8 Å². The lowest BCUT2D eigenvalue weighted by Crippen LogP contribution is -2.56. The molecule has 1 aromatic carbocycles. The van der Waals surface area contributed by atoms with Gasteiger partial charge in [0.1, 0.15) is 11.6 Å². The van der Waals surface area contributed by atoms with Gasteiger partial charge < -0.3 is 25.8 Å². The summed E-state index contributed by atoms with van der Waals surface area (Å²) in [5, 5.41) is 4.25. The van der Waals surface area contributed by atoms with Crippen molar-refractivity contribution in [2.45, 2.75) is 19.9 Å². The molecule has 1 saturated heterocycles. The molecule has 0 amide bonds. The summed E-state index contributed by atoms with van der Waals surface area (Å²) in [5.74, 6) is 0.497. The third-order valence-corrected chi connectivity index (χ3v) is 7.71. The summed E-state index contributed by atoms with van der Waals surface area (Å²) >= 11 is 0. The van der Waals surface area contributed by atoms with Crippen LogP contribution in [0.5, 0.6) is 0 Å². The molecule has 6 rings (SSSR count). The van der Waals surface area contributed by atoms with E-state index in [4.69, 9.17) is 20.7 Å². The molecule has 1 aliphatic rings. The quantitative estimate of drug-likeness (QED) is 0.203. The van der Waals surface area contributed by atoms with E-state index in [-0.39, 0.29) is 11.9 Å². The number of halogens is 1. The van der Waals surface area contributed by atoms with E-state index in [1.54, 1.807) is 30.9 Å². The highest BCUT2D eigenvalue weighted by atomic mass is 19.1. The van der Waals surface area contributed by atoms with Crippen molar-refractivity contribution in [2.75, 3.05) is 57.0 Å². The molecule has 0 aliphatic carbocycles. The fraction of sp³-hybridized carbons (Fsp3) is 0.303. The predicted octanol–water partition coefficient (Wildman–Crippen LogP) is 4.51. The lowest BCUT2D eigenvalue weighted by molar-refractivity contribution is 0.425. The van der Waals surface area contributed by atoms with Gasteiger partial charge in [0.05, 0.1) is 41.2 Å². The van der Waals surface area contributed by atoms with E-state index >= 15 is 0 Å². The average Bonchev–Trinajstić information content (AvgIpc) is 3.43. The van der Waals surface area contributed by atoms with E-state index in [9.17, 15) is 4.39 Å². The number of anilines is 2. The number of pyridine rings is 2. The molecule has 226 valence electrons. The Balaban J connectivity index is 1.36. The monoisotopic (exact) mass is 592 g/mol. The number of aromatic amines is 1. The van der Waals surface area contributed by atoms with Crippen molar-refractivity contribution in [3.8, 4) is 22.4 Å². The highest BCUT2D eigenvalue weighted by molar-refractivity contribution is 6.15. The first-order valence-corrected chi connectivity index (χ1v) is 14.8. The Morgan fingerprint density at radius 1 is 1.07 bits per heavy atom. The number of nitrogens with two attached hydrogens (primary N) is 1. The summed E-state index contributed by atoms with van der Waals surface area (Å²) in [6.45, 7) is 7.64. The van der Waals surface area contributed by atoms with Gasteiger partial charge in [0.15, 0.2) is 0 Å². The smallest absolute Gasteiger partial charge is 0.147 e. The fourth-order valence-electron chi connectivity index (χ4n) is 5.41. The highest BCUT2D eigenvalue weighted by Crippen LogP contribution is 2.32. The lowest BCUT2D eigenvalue weighted by atomic mass is 10.0. The van der Waals surface area contributed by atoms with Gasteiger partial charge in [0.25, 0.3) is 0 Å². The minimum absolute atomic E-state index is 0.167. The standard InChI is InChI=1S/C33H37FN10/c1-5-38-33(26-10-22(13-40-20(26)2)30-15-37-17-32(42-30)44-18-24(35)19-44)29-12-27-28(14-36-16-31(27)41-29)21-8-23(34)11-25(9-21)39-6-7-43(3)4/h8-17,24,39,41H,5-7,18-19,35H2,1-4H3. The maximum Gasteiger partial charge on any atom is 0.147 e. The highest BCUT2D eigenvalue weighted by Gasteiger charge is 2.25. The number of nitrogens with zero attached hydrogens (tertiary/aromatic N) is 7. The number of fused-ring (bicyclic) bond motifs is 1. The van der Waals surface area contributed by atoms with E-state index < -0.39 is 0 Å². The van der Waals surface area contributed by atoms with Gasteiger partial charge in [-0.25, -0.2) is 9.37 Å². The van der Waals surface area contributed by atoms with Crippen LogP contribution in [0.2, 0.25) is 0 Å². The molecule has 5 aromatic rings. The molecule has 0 saturated carbocycles. The summed E-state index contributed by atoms with van der Waals surface area (Å²) in [4.78, 5) is 31.1. The first-order chi connectivity index (χ1) is 21.3. The predicted molar refractivity (Wildman–Crippen MR) is 175 cm³/mol. The Hall–Kier alpha value is -4.74. The van der Waals surface area contributed by atoms with Gasteiger partial charge in [-0.2, -0.15) is 0 Å². The van der Waals surface area contributed by atoms with Gasteiger partial charge in [-0.1, -0.05) is 0 Å². The van der Waals surface area contributed by atoms with Crippen molar-refractivity contribution in [1.82, 2.24) is 29.8 Å². The Morgan fingerprint density at radius 2 is 1.89 bits per heavy atom. The molecule has 0 unspecified atom stereocenters. The van der Waals surface area contributed by atoms with Crippen molar-refractivity contribution in [3.63, 3.8) is 0 Å². The Labute approximate surface area is 256 Å². The minimum Gasteiger partial charge on any atom is -0.384 e. The van der Waals surface area contributed by atoms with Crippen molar-refractivity contribution in [2.24, 2.45) is 10.7 Å².